The van der Waals surface area contributed by atoms with Crippen molar-refractivity contribution in [3.63, 3.8) is 0 Å². The smallest absolute Gasteiger partial charge is 0.0349 e. The van der Waals surface area contributed by atoms with Crippen molar-refractivity contribution in [2.75, 3.05) is 5.32 Å². The second-order valence-corrected chi connectivity index (χ2v) is 8.82. The van der Waals surface area contributed by atoms with Crippen molar-refractivity contribution in [2.24, 2.45) is 16.7 Å². The number of rotatable bonds is 2. The Kier molecular flexibility index (Phi) is 3.87. The molecule has 1 N–H and O–H groups in total. The summed E-state index contributed by atoms with van der Waals surface area (Å²) in [6.45, 7) is 12.0. The van der Waals surface area contributed by atoms with Gasteiger partial charge in [-0.05, 0) is 61.5 Å². The summed E-state index contributed by atoms with van der Waals surface area (Å²) in [7, 11) is 0. The van der Waals surface area contributed by atoms with Crippen molar-refractivity contribution in [3.8, 4) is 0 Å². The van der Waals surface area contributed by atoms with Crippen molar-refractivity contribution in [1.82, 2.24) is 0 Å². The van der Waals surface area contributed by atoms with E-state index in [4.69, 9.17) is 0 Å². The molecular formula is C21H31N. The van der Waals surface area contributed by atoms with E-state index in [2.05, 4.69) is 70.3 Å². The SMILES string of the molecule is Cc1ccc(NC2CC3=CCCC(C)(C)C3CC2(C)C)cc1. The van der Waals surface area contributed by atoms with Gasteiger partial charge in [0.1, 0.15) is 0 Å². The van der Waals surface area contributed by atoms with E-state index in [1.807, 2.05) is 0 Å². The normalized spacial score (nSPS) is 29.4. The third kappa shape index (κ3) is 2.95. The van der Waals surface area contributed by atoms with Crippen LogP contribution in [0.3, 0.4) is 0 Å². The van der Waals surface area contributed by atoms with E-state index in [0.29, 0.717) is 16.9 Å². The molecule has 0 radical (unpaired) electrons. The molecule has 0 heterocycles. The van der Waals surface area contributed by atoms with E-state index in [0.717, 1.165) is 5.92 Å². The maximum absolute atomic E-state index is 3.82. The van der Waals surface area contributed by atoms with Crippen LogP contribution < -0.4 is 5.32 Å². The Balaban J connectivity index is 1.81. The molecule has 1 fully saturated rings. The van der Waals surface area contributed by atoms with Crippen molar-refractivity contribution < 1.29 is 0 Å². The van der Waals surface area contributed by atoms with Crippen LogP contribution in [0.1, 0.15) is 58.9 Å². The van der Waals surface area contributed by atoms with Gasteiger partial charge in [0.05, 0.1) is 0 Å². The molecule has 1 nitrogen and oxygen atoms in total. The Labute approximate surface area is 136 Å². The number of anilines is 1. The third-order valence-corrected chi connectivity index (χ3v) is 6.09. The zero-order valence-electron chi connectivity index (χ0n) is 14.9. The Morgan fingerprint density at radius 2 is 1.68 bits per heavy atom. The summed E-state index contributed by atoms with van der Waals surface area (Å²) in [5, 5.41) is 3.82. The molecule has 2 unspecified atom stereocenters. The van der Waals surface area contributed by atoms with Gasteiger partial charge in [0, 0.05) is 11.7 Å². The van der Waals surface area contributed by atoms with Crippen LogP contribution in [0.2, 0.25) is 0 Å². The van der Waals surface area contributed by atoms with Crippen LogP contribution in [-0.2, 0) is 0 Å². The molecule has 2 aliphatic carbocycles. The van der Waals surface area contributed by atoms with Crippen LogP contribution in [0.4, 0.5) is 5.69 Å². The average Bonchev–Trinajstić information content (AvgIpc) is 2.43. The van der Waals surface area contributed by atoms with Crippen molar-refractivity contribution in [2.45, 2.75) is 66.3 Å². The Bertz CT molecular complexity index is 562. The number of nitrogens with one attached hydrogen (secondary N) is 1. The molecule has 120 valence electrons. The van der Waals surface area contributed by atoms with Crippen LogP contribution >= 0.6 is 0 Å². The minimum atomic E-state index is 0.335. The lowest BCUT2D eigenvalue weighted by Crippen LogP contribution is -2.46. The monoisotopic (exact) mass is 297 g/mol. The molecule has 1 heteroatoms. The highest BCUT2D eigenvalue weighted by Crippen LogP contribution is 2.53. The quantitative estimate of drug-likeness (QED) is 0.664. The molecule has 3 rings (SSSR count). The third-order valence-electron chi connectivity index (χ3n) is 6.09. The summed E-state index contributed by atoms with van der Waals surface area (Å²) >= 11 is 0. The largest absolute Gasteiger partial charge is 0.381 e. The van der Waals surface area contributed by atoms with E-state index in [1.54, 1.807) is 5.57 Å². The van der Waals surface area contributed by atoms with Gasteiger partial charge in [-0.15, -0.1) is 0 Å². The Morgan fingerprint density at radius 3 is 2.36 bits per heavy atom. The molecule has 0 aliphatic heterocycles. The topological polar surface area (TPSA) is 12.0 Å². The number of fused-ring (bicyclic) bond motifs is 1. The minimum Gasteiger partial charge on any atom is -0.381 e. The predicted molar refractivity (Wildman–Crippen MR) is 96.2 cm³/mol. The van der Waals surface area contributed by atoms with Crippen LogP contribution in [0, 0.1) is 23.7 Å². The molecule has 0 bridgehead atoms. The van der Waals surface area contributed by atoms with E-state index in [9.17, 15) is 0 Å². The van der Waals surface area contributed by atoms with E-state index < -0.39 is 0 Å². The summed E-state index contributed by atoms with van der Waals surface area (Å²) in [6, 6.07) is 9.37. The first-order valence-electron chi connectivity index (χ1n) is 8.80. The van der Waals surface area contributed by atoms with Gasteiger partial charge in [0.2, 0.25) is 0 Å². The summed E-state index contributed by atoms with van der Waals surface area (Å²) in [6.07, 6.45) is 7.64. The fraction of sp³-hybridized carbons (Fsp3) is 0.619. The number of hydrogen-bond donors (Lipinski definition) is 1. The van der Waals surface area contributed by atoms with Gasteiger partial charge in [-0.25, -0.2) is 0 Å². The van der Waals surface area contributed by atoms with E-state index in [-0.39, 0.29) is 0 Å². The second kappa shape index (κ2) is 5.44. The molecular weight excluding hydrogens is 266 g/mol. The lowest BCUT2D eigenvalue weighted by atomic mass is 9.56. The molecule has 1 aromatic rings. The van der Waals surface area contributed by atoms with Gasteiger partial charge >= 0.3 is 0 Å². The summed E-state index contributed by atoms with van der Waals surface area (Å²) < 4.78 is 0. The van der Waals surface area contributed by atoms with Crippen LogP contribution in [0.25, 0.3) is 0 Å². The maximum atomic E-state index is 3.82. The van der Waals surface area contributed by atoms with Crippen molar-refractivity contribution >= 4 is 5.69 Å². The lowest BCUT2D eigenvalue weighted by molar-refractivity contribution is 0.102. The number of hydrogen-bond acceptors (Lipinski definition) is 1. The standard InChI is InChI=1S/C21H31N/c1-15-8-10-17(11-9-15)22-19-13-16-7-6-12-20(2,3)18(16)14-21(19,4)5/h7-11,18-19,22H,6,12-14H2,1-5H3. The van der Waals surface area contributed by atoms with Crippen molar-refractivity contribution in [1.29, 1.82) is 0 Å². The number of aryl methyl sites for hydroxylation is 1. The first-order valence-corrected chi connectivity index (χ1v) is 8.80. The zero-order chi connectivity index (χ0) is 16.0. The first-order chi connectivity index (χ1) is 10.3. The fourth-order valence-corrected chi connectivity index (χ4v) is 4.36. The highest BCUT2D eigenvalue weighted by molar-refractivity contribution is 5.46. The summed E-state index contributed by atoms with van der Waals surface area (Å²) in [5.41, 5.74) is 5.10. The molecule has 0 spiro atoms. The average molecular weight is 297 g/mol. The Morgan fingerprint density at radius 1 is 1.00 bits per heavy atom. The van der Waals surface area contributed by atoms with Crippen LogP contribution in [0.15, 0.2) is 35.9 Å². The van der Waals surface area contributed by atoms with Crippen LogP contribution in [0.5, 0.6) is 0 Å². The zero-order valence-corrected chi connectivity index (χ0v) is 14.9. The number of benzene rings is 1. The lowest BCUT2D eigenvalue weighted by Gasteiger charge is -2.51. The summed E-state index contributed by atoms with van der Waals surface area (Å²) in [5.74, 6) is 0.771. The summed E-state index contributed by atoms with van der Waals surface area (Å²) in [4.78, 5) is 0. The van der Waals surface area contributed by atoms with Gasteiger partial charge < -0.3 is 5.32 Å². The molecule has 2 atom stereocenters. The van der Waals surface area contributed by atoms with Gasteiger partial charge in [0.15, 0.2) is 0 Å². The molecule has 0 saturated heterocycles. The van der Waals surface area contributed by atoms with E-state index in [1.165, 1.54) is 36.9 Å². The fourth-order valence-electron chi connectivity index (χ4n) is 4.36. The molecule has 1 aromatic carbocycles. The van der Waals surface area contributed by atoms with Crippen molar-refractivity contribution in [3.05, 3.63) is 41.5 Å². The Hall–Kier alpha value is -1.24. The highest BCUT2D eigenvalue weighted by Gasteiger charge is 2.45. The van der Waals surface area contributed by atoms with Gasteiger partial charge in [0.25, 0.3) is 0 Å². The van der Waals surface area contributed by atoms with Crippen LogP contribution in [-0.4, -0.2) is 6.04 Å². The molecule has 1 saturated carbocycles. The van der Waals surface area contributed by atoms with Gasteiger partial charge in [-0.1, -0.05) is 57.0 Å². The molecule has 22 heavy (non-hydrogen) atoms. The molecule has 2 aliphatic rings. The number of allylic oxidation sites excluding steroid dienone is 1. The van der Waals surface area contributed by atoms with Gasteiger partial charge in [-0.2, -0.15) is 0 Å². The highest BCUT2D eigenvalue weighted by atomic mass is 14.9. The second-order valence-electron chi connectivity index (χ2n) is 8.82. The van der Waals surface area contributed by atoms with E-state index >= 15 is 0 Å². The van der Waals surface area contributed by atoms with Gasteiger partial charge in [-0.3, -0.25) is 0 Å². The predicted octanol–water partition coefficient (Wildman–Crippen LogP) is 5.96. The molecule has 0 aromatic heterocycles. The molecule has 0 amide bonds. The maximum Gasteiger partial charge on any atom is 0.0349 e. The first kappa shape index (κ1) is 15.6. The minimum absolute atomic E-state index is 0.335.